The van der Waals surface area contributed by atoms with Gasteiger partial charge in [-0.25, -0.2) is 0 Å². The van der Waals surface area contributed by atoms with Crippen molar-refractivity contribution in [2.24, 2.45) is 17.6 Å². The molecule has 2 aliphatic carbocycles. The maximum Gasteiger partial charge on any atom is 0.223 e. The van der Waals surface area contributed by atoms with Crippen molar-refractivity contribution in [3.63, 3.8) is 0 Å². The molecule has 0 heterocycles. The average Bonchev–Trinajstić information content (AvgIpc) is 3.08. The SMILES string of the molecule is CC1CC1C(=O)NCCCOC1CCC(N)CC1. The number of hydrogen-bond donors (Lipinski definition) is 2. The fourth-order valence-corrected chi connectivity index (χ4v) is 2.61. The molecule has 0 radical (unpaired) electrons. The number of carbonyl (C=O) groups is 1. The summed E-state index contributed by atoms with van der Waals surface area (Å²) in [5, 5.41) is 2.98. The van der Waals surface area contributed by atoms with Gasteiger partial charge in [-0.1, -0.05) is 6.92 Å². The summed E-state index contributed by atoms with van der Waals surface area (Å²) < 4.78 is 5.80. The van der Waals surface area contributed by atoms with Crippen molar-refractivity contribution in [2.75, 3.05) is 13.2 Å². The molecule has 3 N–H and O–H groups in total. The molecule has 2 saturated carbocycles. The first-order valence-electron chi connectivity index (χ1n) is 7.31. The van der Waals surface area contributed by atoms with Gasteiger partial charge in [-0.05, 0) is 44.4 Å². The van der Waals surface area contributed by atoms with Gasteiger partial charge in [0.25, 0.3) is 0 Å². The standard InChI is InChI=1S/C14H26N2O2/c1-10-9-13(10)14(17)16-7-2-8-18-12-5-3-11(15)4-6-12/h10-13H,2-9,15H2,1H3,(H,16,17). The Morgan fingerprint density at radius 3 is 2.61 bits per heavy atom. The maximum absolute atomic E-state index is 11.6. The van der Waals surface area contributed by atoms with Crippen LogP contribution in [-0.4, -0.2) is 31.2 Å². The smallest absolute Gasteiger partial charge is 0.223 e. The lowest BCUT2D eigenvalue weighted by Gasteiger charge is -2.26. The van der Waals surface area contributed by atoms with Gasteiger partial charge >= 0.3 is 0 Å². The molecule has 4 nitrogen and oxygen atoms in total. The van der Waals surface area contributed by atoms with E-state index in [1.807, 2.05) is 0 Å². The highest BCUT2D eigenvalue weighted by Crippen LogP contribution is 2.37. The number of ether oxygens (including phenoxy) is 1. The van der Waals surface area contributed by atoms with Crippen LogP contribution in [0.3, 0.4) is 0 Å². The second-order valence-electron chi connectivity index (χ2n) is 5.87. The first-order chi connectivity index (χ1) is 8.66. The zero-order valence-corrected chi connectivity index (χ0v) is 11.4. The third kappa shape index (κ3) is 4.25. The molecule has 2 aliphatic rings. The van der Waals surface area contributed by atoms with Crippen molar-refractivity contribution in [3.05, 3.63) is 0 Å². The third-order valence-corrected chi connectivity index (χ3v) is 4.14. The maximum atomic E-state index is 11.6. The van der Waals surface area contributed by atoms with Crippen LogP contribution in [0.2, 0.25) is 0 Å². The summed E-state index contributed by atoms with van der Waals surface area (Å²) in [4.78, 5) is 11.6. The number of rotatable bonds is 6. The van der Waals surface area contributed by atoms with Crippen LogP contribution in [-0.2, 0) is 9.53 Å². The Morgan fingerprint density at radius 2 is 2.00 bits per heavy atom. The summed E-state index contributed by atoms with van der Waals surface area (Å²) in [7, 11) is 0. The summed E-state index contributed by atoms with van der Waals surface area (Å²) in [5.74, 6) is 1.10. The molecule has 104 valence electrons. The van der Waals surface area contributed by atoms with E-state index in [-0.39, 0.29) is 11.8 Å². The van der Waals surface area contributed by atoms with Crippen LogP contribution < -0.4 is 11.1 Å². The first-order valence-corrected chi connectivity index (χ1v) is 7.31. The van der Waals surface area contributed by atoms with Crippen LogP contribution in [0, 0.1) is 11.8 Å². The van der Waals surface area contributed by atoms with E-state index in [1.54, 1.807) is 0 Å². The lowest BCUT2D eigenvalue weighted by atomic mass is 9.94. The number of hydrogen-bond acceptors (Lipinski definition) is 3. The largest absolute Gasteiger partial charge is 0.378 e. The van der Waals surface area contributed by atoms with Gasteiger partial charge in [-0.15, -0.1) is 0 Å². The second kappa shape index (κ2) is 6.53. The predicted octanol–water partition coefficient (Wildman–Crippen LogP) is 1.44. The molecule has 2 fully saturated rings. The van der Waals surface area contributed by atoms with E-state index >= 15 is 0 Å². The Morgan fingerprint density at radius 1 is 1.33 bits per heavy atom. The molecule has 0 bridgehead atoms. The van der Waals surface area contributed by atoms with E-state index in [1.165, 1.54) is 0 Å². The minimum absolute atomic E-state index is 0.228. The minimum atomic E-state index is 0.228. The van der Waals surface area contributed by atoms with E-state index in [0.29, 0.717) is 18.1 Å². The van der Waals surface area contributed by atoms with Gasteiger partial charge in [0, 0.05) is 25.1 Å². The van der Waals surface area contributed by atoms with Crippen molar-refractivity contribution in [1.29, 1.82) is 0 Å². The summed E-state index contributed by atoms with van der Waals surface area (Å²) in [5.41, 5.74) is 5.85. The monoisotopic (exact) mass is 254 g/mol. The minimum Gasteiger partial charge on any atom is -0.378 e. The summed E-state index contributed by atoms with van der Waals surface area (Å²) in [6.07, 6.45) is 6.71. The Balaban J connectivity index is 1.45. The molecule has 18 heavy (non-hydrogen) atoms. The summed E-state index contributed by atoms with van der Waals surface area (Å²) in [6.45, 7) is 3.62. The molecule has 0 aromatic carbocycles. The highest BCUT2D eigenvalue weighted by molar-refractivity contribution is 5.81. The van der Waals surface area contributed by atoms with Crippen molar-refractivity contribution >= 4 is 5.91 Å². The Labute approximate surface area is 110 Å². The molecule has 1 amide bonds. The fraction of sp³-hybridized carbons (Fsp3) is 0.929. The van der Waals surface area contributed by atoms with Crippen molar-refractivity contribution < 1.29 is 9.53 Å². The van der Waals surface area contributed by atoms with E-state index in [9.17, 15) is 4.79 Å². The molecule has 2 rings (SSSR count). The van der Waals surface area contributed by atoms with Gasteiger partial charge in [0.05, 0.1) is 6.10 Å². The molecule has 2 unspecified atom stereocenters. The van der Waals surface area contributed by atoms with Crippen LogP contribution in [0.1, 0.15) is 45.4 Å². The molecule has 2 atom stereocenters. The van der Waals surface area contributed by atoms with Gasteiger partial charge in [0.15, 0.2) is 0 Å². The number of carbonyl (C=O) groups excluding carboxylic acids is 1. The van der Waals surface area contributed by atoms with Crippen molar-refractivity contribution in [3.8, 4) is 0 Å². The summed E-state index contributed by atoms with van der Waals surface area (Å²) >= 11 is 0. The van der Waals surface area contributed by atoms with Gasteiger partial charge in [-0.3, -0.25) is 4.79 Å². The van der Waals surface area contributed by atoms with E-state index in [0.717, 1.165) is 51.7 Å². The highest BCUT2D eigenvalue weighted by Gasteiger charge is 2.38. The molecule has 0 aromatic heterocycles. The topological polar surface area (TPSA) is 64.3 Å². The van der Waals surface area contributed by atoms with Gasteiger partial charge in [-0.2, -0.15) is 0 Å². The molecule has 4 heteroatoms. The van der Waals surface area contributed by atoms with Crippen LogP contribution in [0.25, 0.3) is 0 Å². The first kappa shape index (κ1) is 13.8. The normalized spacial score (nSPS) is 35.2. The van der Waals surface area contributed by atoms with Gasteiger partial charge < -0.3 is 15.8 Å². The van der Waals surface area contributed by atoms with Crippen LogP contribution in [0.4, 0.5) is 0 Å². The molecule has 0 saturated heterocycles. The molecule has 0 aliphatic heterocycles. The van der Waals surface area contributed by atoms with Crippen molar-refractivity contribution in [2.45, 2.75) is 57.6 Å². The van der Waals surface area contributed by atoms with E-state index < -0.39 is 0 Å². The fourth-order valence-electron chi connectivity index (χ4n) is 2.61. The lowest BCUT2D eigenvalue weighted by Crippen LogP contribution is -2.31. The lowest BCUT2D eigenvalue weighted by molar-refractivity contribution is -0.122. The quantitative estimate of drug-likeness (QED) is 0.705. The van der Waals surface area contributed by atoms with Crippen LogP contribution in [0.15, 0.2) is 0 Å². The molecular formula is C14H26N2O2. The average molecular weight is 254 g/mol. The summed E-state index contributed by atoms with van der Waals surface area (Å²) in [6, 6.07) is 0.379. The Hall–Kier alpha value is -0.610. The van der Waals surface area contributed by atoms with Crippen LogP contribution in [0.5, 0.6) is 0 Å². The predicted molar refractivity (Wildman–Crippen MR) is 71.1 cm³/mol. The second-order valence-corrected chi connectivity index (χ2v) is 5.87. The van der Waals surface area contributed by atoms with Gasteiger partial charge in [0.2, 0.25) is 5.91 Å². The van der Waals surface area contributed by atoms with Crippen molar-refractivity contribution in [1.82, 2.24) is 5.32 Å². The third-order valence-electron chi connectivity index (χ3n) is 4.14. The zero-order chi connectivity index (χ0) is 13.0. The Bertz CT molecular complexity index is 275. The Kier molecular flexibility index (Phi) is 5.01. The van der Waals surface area contributed by atoms with E-state index in [4.69, 9.17) is 10.5 Å². The zero-order valence-electron chi connectivity index (χ0n) is 11.4. The molecule has 0 aromatic rings. The van der Waals surface area contributed by atoms with Crippen LogP contribution >= 0.6 is 0 Å². The number of nitrogens with one attached hydrogen (secondary N) is 1. The van der Waals surface area contributed by atoms with E-state index in [2.05, 4.69) is 12.2 Å². The number of nitrogens with two attached hydrogens (primary N) is 1. The van der Waals surface area contributed by atoms with Gasteiger partial charge in [0.1, 0.15) is 0 Å². The molecular weight excluding hydrogens is 228 g/mol. The number of amides is 1. The molecule has 0 spiro atoms. The highest BCUT2D eigenvalue weighted by atomic mass is 16.5.